The molecule has 1 aliphatic heterocycles. The molecule has 2 heterocycles. The van der Waals surface area contributed by atoms with Crippen molar-refractivity contribution in [2.45, 2.75) is 39.2 Å². The Morgan fingerprint density at radius 1 is 1.58 bits per heavy atom. The van der Waals surface area contributed by atoms with Crippen molar-refractivity contribution in [3.8, 4) is 0 Å². The number of nitrogens with zero attached hydrogens (tertiary/aromatic N) is 2. The van der Waals surface area contributed by atoms with Gasteiger partial charge in [0.2, 0.25) is 0 Å². The molecule has 0 bridgehead atoms. The van der Waals surface area contributed by atoms with Gasteiger partial charge in [-0.25, -0.2) is 0 Å². The third kappa shape index (κ3) is 3.50. The number of nitrogens with one attached hydrogen (secondary N) is 1. The van der Waals surface area contributed by atoms with Crippen LogP contribution in [0.5, 0.6) is 0 Å². The van der Waals surface area contributed by atoms with E-state index in [0.29, 0.717) is 12.0 Å². The van der Waals surface area contributed by atoms with E-state index in [-0.39, 0.29) is 0 Å². The maximum Gasteiger partial charge on any atom is 0.0847 e. The average Bonchev–Trinajstić information content (AvgIpc) is 2.98. The molecular weight excluding hydrogens is 262 g/mol. The maximum absolute atomic E-state index is 6.36. The Hall–Kier alpha value is -0.580. The second kappa shape index (κ2) is 6.73. The van der Waals surface area contributed by atoms with E-state index in [0.717, 1.165) is 55.4 Å². The van der Waals surface area contributed by atoms with Crippen LogP contribution in [0, 0.1) is 12.8 Å². The molecule has 1 aromatic rings. The van der Waals surface area contributed by atoms with E-state index in [1.54, 1.807) is 0 Å². The van der Waals surface area contributed by atoms with E-state index < -0.39 is 0 Å². The van der Waals surface area contributed by atoms with Crippen LogP contribution >= 0.6 is 11.6 Å². The Labute approximate surface area is 120 Å². The molecule has 2 unspecified atom stereocenters. The third-order valence-corrected chi connectivity index (χ3v) is 4.36. The average molecular weight is 286 g/mol. The lowest BCUT2D eigenvalue weighted by molar-refractivity contribution is 0.176. The lowest BCUT2D eigenvalue weighted by atomic mass is 9.94. The minimum absolute atomic E-state index is 0.426. The zero-order valence-electron chi connectivity index (χ0n) is 12.1. The van der Waals surface area contributed by atoms with Crippen LogP contribution in [0.3, 0.4) is 0 Å². The normalized spacial score (nSPS) is 20.9. The van der Waals surface area contributed by atoms with Crippen LogP contribution in [0.25, 0.3) is 0 Å². The van der Waals surface area contributed by atoms with Crippen molar-refractivity contribution in [1.82, 2.24) is 15.1 Å². The van der Waals surface area contributed by atoms with E-state index in [9.17, 15) is 0 Å². The summed E-state index contributed by atoms with van der Waals surface area (Å²) in [7, 11) is 1.97. The standard InChI is InChI=1S/C14H24ClN3O/c1-4-6-16-12(11-5-7-19-9-11)8-13-14(15)10(2)17-18(13)3/h11-12,16H,4-9H2,1-3H3. The molecule has 1 saturated heterocycles. The molecule has 0 aliphatic carbocycles. The van der Waals surface area contributed by atoms with Gasteiger partial charge in [-0.2, -0.15) is 5.10 Å². The first kappa shape index (κ1) is 14.8. The highest BCUT2D eigenvalue weighted by Crippen LogP contribution is 2.25. The van der Waals surface area contributed by atoms with Crippen molar-refractivity contribution in [3.63, 3.8) is 0 Å². The smallest absolute Gasteiger partial charge is 0.0847 e. The predicted octanol–water partition coefficient (Wildman–Crippen LogP) is 2.33. The number of ether oxygens (including phenoxy) is 1. The van der Waals surface area contributed by atoms with Crippen molar-refractivity contribution in [1.29, 1.82) is 0 Å². The summed E-state index contributed by atoms with van der Waals surface area (Å²) in [6.45, 7) is 6.92. The molecule has 4 nitrogen and oxygen atoms in total. The number of aryl methyl sites for hydroxylation is 2. The Balaban J connectivity index is 2.09. The molecule has 2 atom stereocenters. The zero-order valence-corrected chi connectivity index (χ0v) is 12.8. The Bertz CT molecular complexity index is 413. The van der Waals surface area contributed by atoms with Crippen LogP contribution in [-0.2, 0) is 18.2 Å². The van der Waals surface area contributed by atoms with Gasteiger partial charge in [0.1, 0.15) is 0 Å². The lowest BCUT2D eigenvalue weighted by Crippen LogP contribution is -2.39. The summed E-state index contributed by atoms with van der Waals surface area (Å²) in [4.78, 5) is 0. The van der Waals surface area contributed by atoms with E-state index in [2.05, 4.69) is 17.3 Å². The van der Waals surface area contributed by atoms with Crippen LogP contribution in [0.4, 0.5) is 0 Å². The molecule has 1 aliphatic rings. The van der Waals surface area contributed by atoms with Gasteiger partial charge in [-0.1, -0.05) is 18.5 Å². The highest BCUT2D eigenvalue weighted by atomic mass is 35.5. The van der Waals surface area contributed by atoms with Gasteiger partial charge in [0.15, 0.2) is 0 Å². The summed E-state index contributed by atoms with van der Waals surface area (Å²) in [5.41, 5.74) is 2.04. The highest BCUT2D eigenvalue weighted by molar-refractivity contribution is 6.31. The van der Waals surface area contributed by atoms with Gasteiger partial charge in [-0.3, -0.25) is 4.68 Å². The molecule has 108 valence electrons. The molecule has 0 aromatic carbocycles. The van der Waals surface area contributed by atoms with Gasteiger partial charge in [0, 0.05) is 32.0 Å². The summed E-state index contributed by atoms with van der Waals surface area (Å²) < 4.78 is 7.44. The molecule has 2 rings (SSSR count). The fourth-order valence-corrected chi connectivity index (χ4v) is 2.95. The van der Waals surface area contributed by atoms with Crippen molar-refractivity contribution in [2.75, 3.05) is 19.8 Å². The zero-order chi connectivity index (χ0) is 13.8. The number of halogens is 1. The first-order chi connectivity index (χ1) is 9.13. The third-order valence-electron chi connectivity index (χ3n) is 3.87. The summed E-state index contributed by atoms with van der Waals surface area (Å²) >= 11 is 6.36. The summed E-state index contributed by atoms with van der Waals surface area (Å²) in [5, 5.41) is 8.85. The first-order valence-electron chi connectivity index (χ1n) is 7.12. The fourth-order valence-electron chi connectivity index (χ4n) is 2.72. The molecule has 0 amide bonds. The van der Waals surface area contributed by atoms with Crippen molar-refractivity contribution in [3.05, 3.63) is 16.4 Å². The van der Waals surface area contributed by atoms with Gasteiger partial charge in [0.05, 0.1) is 23.0 Å². The second-order valence-electron chi connectivity index (χ2n) is 5.36. The predicted molar refractivity (Wildman–Crippen MR) is 77.7 cm³/mol. The van der Waals surface area contributed by atoms with E-state index in [1.165, 1.54) is 0 Å². The van der Waals surface area contributed by atoms with Gasteiger partial charge < -0.3 is 10.1 Å². The van der Waals surface area contributed by atoms with Crippen LogP contribution < -0.4 is 5.32 Å². The number of hydrogen-bond donors (Lipinski definition) is 1. The molecule has 19 heavy (non-hydrogen) atoms. The highest BCUT2D eigenvalue weighted by Gasteiger charge is 2.27. The minimum atomic E-state index is 0.426. The molecule has 1 fully saturated rings. The van der Waals surface area contributed by atoms with Crippen molar-refractivity contribution in [2.24, 2.45) is 13.0 Å². The SMILES string of the molecule is CCCNC(Cc1c(Cl)c(C)nn1C)C1CCOC1. The van der Waals surface area contributed by atoms with Gasteiger partial charge in [0.25, 0.3) is 0 Å². The van der Waals surface area contributed by atoms with Crippen molar-refractivity contribution < 1.29 is 4.74 Å². The van der Waals surface area contributed by atoms with Gasteiger partial charge in [-0.05, 0) is 26.3 Å². The van der Waals surface area contributed by atoms with E-state index in [1.807, 2.05) is 18.7 Å². The monoisotopic (exact) mass is 285 g/mol. The van der Waals surface area contributed by atoms with Crippen LogP contribution in [0.2, 0.25) is 5.02 Å². The Kier molecular flexibility index (Phi) is 5.25. The molecule has 1 aromatic heterocycles. The van der Waals surface area contributed by atoms with Crippen LogP contribution in [0.15, 0.2) is 0 Å². The van der Waals surface area contributed by atoms with Crippen molar-refractivity contribution >= 4 is 11.6 Å². The number of rotatable bonds is 6. The minimum Gasteiger partial charge on any atom is -0.381 e. The van der Waals surface area contributed by atoms with E-state index in [4.69, 9.17) is 16.3 Å². The molecule has 1 N–H and O–H groups in total. The lowest BCUT2D eigenvalue weighted by Gasteiger charge is -2.24. The quantitative estimate of drug-likeness (QED) is 0.872. The maximum atomic E-state index is 6.36. The van der Waals surface area contributed by atoms with Crippen LogP contribution in [0.1, 0.15) is 31.2 Å². The molecule has 0 spiro atoms. The Morgan fingerprint density at radius 3 is 2.89 bits per heavy atom. The summed E-state index contributed by atoms with van der Waals surface area (Å²) in [5.74, 6) is 0.581. The van der Waals surface area contributed by atoms with Gasteiger partial charge >= 0.3 is 0 Å². The first-order valence-corrected chi connectivity index (χ1v) is 7.50. The number of hydrogen-bond acceptors (Lipinski definition) is 3. The fraction of sp³-hybridized carbons (Fsp3) is 0.786. The summed E-state index contributed by atoms with van der Waals surface area (Å²) in [6.07, 6.45) is 3.20. The summed E-state index contributed by atoms with van der Waals surface area (Å²) in [6, 6.07) is 0.426. The van der Waals surface area contributed by atoms with Gasteiger partial charge in [-0.15, -0.1) is 0 Å². The molecule has 0 saturated carbocycles. The van der Waals surface area contributed by atoms with E-state index >= 15 is 0 Å². The molecule has 5 heteroatoms. The largest absolute Gasteiger partial charge is 0.381 e. The molecule has 0 radical (unpaired) electrons. The molecular formula is C14H24ClN3O. The number of aromatic nitrogens is 2. The Morgan fingerprint density at radius 2 is 2.37 bits per heavy atom. The van der Waals surface area contributed by atoms with Crippen LogP contribution in [-0.4, -0.2) is 35.6 Å². The second-order valence-corrected chi connectivity index (χ2v) is 5.74. The topological polar surface area (TPSA) is 39.1 Å².